The Hall–Kier alpha value is -3.50. The van der Waals surface area contributed by atoms with Crippen molar-refractivity contribution in [1.29, 1.82) is 0 Å². The number of hydrogen-bond donors (Lipinski definition) is 2. The lowest BCUT2D eigenvalue weighted by Crippen LogP contribution is -2.61. The first-order valence-corrected chi connectivity index (χ1v) is 24.8. The van der Waals surface area contributed by atoms with E-state index in [1.807, 2.05) is 6.07 Å². The number of hydrogen-bond acceptors (Lipinski definition) is 7. The first kappa shape index (κ1) is 42.8. The predicted molar refractivity (Wildman–Crippen MR) is 242 cm³/mol. The molecule has 1 amide bonds. The van der Waals surface area contributed by atoms with Crippen LogP contribution in [0.2, 0.25) is 0 Å². The van der Waals surface area contributed by atoms with Gasteiger partial charge in [-0.15, -0.1) is 0 Å². The van der Waals surface area contributed by atoms with Crippen molar-refractivity contribution in [3.05, 3.63) is 64.2 Å². The number of carbonyl (C=O) groups excluding carboxylic acids is 1. The molecule has 4 aliphatic carbocycles. The molecule has 10 nitrogen and oxygen atoms in total. The fourth-order valence-electron chi connectivity index (χ4n) is 15.0. The van der Waals surface area contributed by atoms with Crippen molar-refractivity contribution in [3.63, 3.8) is 0 Å². The number of piperidine rings is 4. The van der Waals surface area contributed by atoms with Gasteiger partial charge in [-0.3, -0.25) is 29.5 Å². The lowest BCUT2D eigenvalue weighted by Gasteiger charge is -2.56. The summed E-state index contributed by atoms with van der Waals surface area (Å²) in [6, 6.07) is 19.7. The van der Waals surface area contributed by atoms with E-state index in [9.17, 15) is 19.7 Å². The average Bonchev–Trinajstić information content (AvgIpc) is 3.23. The van der Waals surface area contributed by atoms with E-state index in [1.165, 1.54) is 134 Å². The number of amides is 1. The number of fused-ring (bicyclic) bond motifs is 8. The third-order valence-corrected chi connectivity index (χ3v) is 17.1. The van der Waals surface area contributed by atoms with Gasteiger partial charge in [-0.25, -0.2) is 0 Å². The zero-order valence-corrected chi connectivity index (χ0v) is 36.9. The number of aryl methyl sites for hydroxylation is 1. The molecule has 10 heteroatoms. The summed E-state index contributed by atoms with van der Waals surface area (Å²) in [7, 11) is 0. The summed E-state index contributed by atoms with van der Waals surface area (Å²) >= 11 is 0. The van der Waals surface area contributed by atoms with Gasteiger partial charge >= 0.3 is 5.97 Å². The van der Waals surface area contributed by atoms with Crippen LogP contribution < -0.4 is 10.2 Å². The van der Waals surface area contributed by atoms with Crippen molar-refractivity contribution in [2.24, 2.45) is 23.7 Å². The zero-order chi connectivity index (χ0) is 42.0. The number of rotatable bonds is 10. The van der Waals surface area contributed by atoms with E-state index >= 15 is 0 Å². The Morgan fingerprint density at radius 3 is 1.64 bits per heavy atom. The summed E-state index contributed by atoms with van der Waals surface area (Å²) in [5.74, 6) is 3.02. The van der Waals surface area contributed by atoms with Crippen LogP contribution in [0.1, 0.15) is 160 Å². The topological polar surface area (TPSA) is 119 Å². The molecule has 0 radical (unpaired) electrons. The second-order valence-electron chi connectivity index (χ2n) is 21.0. The summed E-state index contributed by atoms with van der Waals surface area (Å²) in [6.45, 7) is 1.56. The number of carboxylic acid groups (broad SMARTS) is 1. The van der Waals surface area contributed by atoms with Crippen molar-refractivity contribution >= 4 is 28.9 Å². The second-order valence-corrected chi connectivity index (χ2v) is 21.0. The fourth-order valence-corrected chi connectivity index (χ4v) is 15.0. The van der Waals surface area contributed by atoms with Crippen molar-refractivity contribution < 1.29 is 19.6 Å². The third-order valence-electron chi connectivity index (χ3n) is 17.1. The maximum absolute atomic E-state index is 12.7. The van der Waals surface area contributed by atoms with Gasteiger partial charge in [0.2, 0.25) is 5.91 Å². The van der Waals surface area contributed by atoms with Gasteiger partial charge in [-0.05, 0) is 138 Å². The number of nitrogens with zero attached hydrogens (tertiary/aromatic N) is 4. The van der Waals surface area contributed by atoms with E-state index in [-0.39, 0.29) is 29.0 Å². The van der Waals surface area contributed by atoms with Gasteiger partial charge in [-0.2, -0.15) is 0 Å². The number of aliphatic carboxylic acids is 1. The molecule has 2 aromatic rings. The molecule has 2 aromatic carbocycles. The van der Waals surface area contributed by atoms with Gasteiger partial charge in [0.25, 0.3) is 5.69 Å². The quantitative estimate of drug-likeness (QED) is 0.179. The molecule has 8 fully saturated rings. The first-order valence-electron chi connectivity index (χ1n) is 24.8. The fraction of sp³-hybridized carbons (Fsp3) is 0.725. The van der Waals surface area contributed by atoms with Crippen molar-refractivity contribution in [2.45, 2.75) is 209 Å². The van der Waals surface area contributed by atoms with E-state index in [2.05, 4.69) is 33.3 Å². The largest absolute Gasteiger partial charge is 0.481 e. The highest BCUT2D eigenvalue weighted by molar-refractivity contribution is 5.94. The summed E-state index contributed by atoms with van der Waals surface area (Å²) in [5.41, 5.74) is 2.80. The van der Waals surface area contributed by atoms with Gasteiger partial charge in [0, 0.05) is 73.4 Å². The molecule has 0 spiro atoms. The molecule has 0 aromatic heterocycles. The van der Waals surface area contributed by atoms with E-state index < -0.39 is 5.97 Å². The number of nitro benzene ring substituents is 1. The van der Waals surface area contributed by atoms with E-state index in [4.69, 9.17) is 5.11 Å². The highest BCUT2D eigenvalue weighted by Crippen LogP contribution is 2.48. The van der Waals surface area contributed by atoms with Crippen LogP contribution in [0.15, 0.2) is 48.5 Å². The third kappa shape index (κ3) is 9.70. The van der Waals surface area contributed by atoms with Gasteiger partial charge in [0.15, 0.2) is 0 Å². The number of carboxylic acids is 1. The van der Waals surface area contributed by atoms with Crippen LogP contribution in [0.3, 0.4) is 0 Å². The van der Waals surface area contributed by atoms with Gasteiger partial charge in [-0.1, -0.05) is 81.7 Å². The SMILES string of the molecule is CC(=O)N(c1ccccc1[N+](=O)[O-])C1C[C@H]2CCC[C@@H](C1)N2C1C[C@H]2CCC[C@@H](C1)C2.O=C(O)CCc1ccccc1NC1C[C@H]2CCC[C@@H](C1)N2C1C[C@H]2CCC[C@@H](C1)C2. The maximum atomic E-state index is 12.7. The molecular formula is C51H73N5O5. The molecule has 4 saturated heterocycles. The molecule has 4 heterocycles. The monoisotopic (exact) mass is 836 g/mol. The minimum atomic E-state index is -0.718. The van der Waals surface area contributed by atoms with E-state index in [0.29, 0.717) is 36.3 Å². The highest BCUT2D eigenvalue weighted by atomic mass is 16.6. The molecule has 2 N–H and O–H groups in total. The first-order chi connectivity index (χ1) is 29.7. The number of anilines is 2. The Balaban J connectivity index is 0.000000156. The zero-order valence-electron chi connectivity index (χ0n) is 36.9. The van der Waals surface area contributed by atoms with Crippen LogP contribution in [0.25, 0.3) is 0 Å². The Kier molecular flexibility index (Phi) is 13.4. The van der Waals surface area contributed by atoms with Gasteiger partial charge in [0.1, 0.15) is 5.69 Å². The normalized spacial score (nSPS) is 35.8. The number of para-hydroxylation sites is 3. The molecular weight excluding hydrogens is 763 g/mol. The second kappa shape index (κ2) is 19.1. The number of nitrogens with one attached hydrogen (secondary N) is 1. The Bertz CT molecular complexity index is 1800. The van der Waals surface area contributed by atoms with Crippen LogP contribution >= 0.6 is 0 Å². The standard InChI is InChI=1S/C26H38N2O2.C25H35N3O3/c29-26(30)12-11-20-7-1-2-10-25(20)27-21-16-22-8-4-9-23(17-21)28(22)24-14-18-5-3-6-19(13-18)15-24;1-17(29)26(24-10-2-3-11-25(24)28(30)31)23-15-20-8-5-9-21(16-23)27(20)22-13-18-6-4-7-19(12-18)14-22/h1-2,7,10,18-19,21-24,27H,3-6,8-9,11-17H2,(H,29,30);2-3,10-11,18-23H,4-9,12-16H2,1H3/t18-,19+,21?,22-,23+,24?;18-,19+,20-,21+,22?,23?. The smallest absolute Gasteiger partial charge is 0.303 e. The minimum absolute atomic E-state index is 0.0328. The van der Waals surface area contributed by atoms with Crippen LogP contribution in [-0.4, -0.2) is 80.0 Å². The van der Waals surface area contributed by atoms with Crippen LogP contribution in [0.5, 0.6) is 0 Å². The number of carbonyl (C=O) groups is 2. The molecule has 61 heavy (non-hydrogen) atoms. The highest BCUT2D eigenvalue weighted by Gasteiger charge is 2.48. The Morgan fingerprint density at radius 1 is 0.656 bits per heavy atom. The van der Waals surface area contributed by atoms with Gasteiger partial charge in [0.05, 0.1) is 4.92 Å². The van der Waals surface area contributed by atoms with E-state index in [0.717, 1.165) is 65.9 Å². The lowest BCUT2D eigenvalue weighted by atomic mass is 9.68. The summed E-state index contributed by atoms with van der Waals surface area (Å²) in [6.07, 6.45) is 30.2. The molecule has 12 atom stereocenters. The number of nitro groups is 1. The molecule has 4 aliphatic heterocycles. The van der Waals surface area contributed by atoms with Crippen LogP contribution in [0.4, 0.5) is 17.1 Å². The summed E-state index contributed by atoms with van der Waals surface area (Å²) in [5, 5.41) is 24.6. The maximum Gasteiger partial charge on any atom is 0.303 e. The molecule has 4 unspecified atom stereocenters. The summed E-state index contributed by atoms with van der Waals surface area (Å²) < 4.78 is 0. The molecule has 8 bridgehead atoms. The van der Waals surface area contributed by atoms with Gasteiger partial charge < -0.3 is 15.3 Å². The predicted octanol–water partition coefficient (Wildman–Crippen LogP) is 10.8. The van der Waals surface area contributed by atoms with Crippen molar-refractivity contribution in [2.75, 3.05) is 10.2 Å². The Labute approximate surface area is 364 Å². The molecule has 332 valence electrons. The lowest BCUT2D eigenvalue weighted by molar-refractivity contribution is -0.384. The number of benzene rings is 2. The summed E-state index contributed by atoms with van der Waals surface area (Å²) in [4.78, 5) is 42.7. The minimum Gasteiger partial charge on any atom is -0.481 e. The Morgan fingerprint density at radius 2 is 1.13 bits per heavy atom. The van der Waals surface area contributed by atoms with Crippen molar-refractivity contribution in [3.8, 4) is 0 Å². The van der Waals surface area contributed by atoms with Crippen molar-refractivity contribution in [1.82, 2.24) is 9.80 Å². The molecule has 8 aliphatic rings. The van der Waals surface area contributed by atoms with Crippen LogP contribution in [0, 0.1) is 33.8 Å². The van der Waals surface area contributed by atoms with E-state index in [1.54, 1.807) is 30.0 Å². The van der Waals surface area contributed by atoms with Crippen LogP contribution in [-0.2, 0) is 16.0 Å². The average molecular weight is 836 g/mol. The molecule has 10 rings (SSSR count). The molecule has 4 saturated carbocycles.